The van der Waals surface area contributed by atoms with Gasteiger partial charge in [-0.05, 0) is 49.2 Å². The summed E-state index contributed by atoms with van der Waals surface area (Å²) in [6.07, 6.45) is 0. The van der Waals surface area contributed by atoms with Crippen LogP contribution in [0, 0.1) is 31.0 Å². The van der Waals surface area contributed by atoms with E-state index in [1.54, 1.807) is 18.2 Å². The SMILES string of the molecule is Cc1cc(C#N)cc(C)c1OCc1ccc(F)cc1N. The quantitative estimate of drug-likeness (QED) is 0.869. The van der Waals surface area contributed by atoms with Crippen LogP contribution in [0.2, 0.25) is 0 Å². The number of aryl methyl sites for hydroxylation is 2. The van der Waals surface area contributed by atoms with Crippen LogP contribution in [0.3, 0.4) is 0 Å². The molecule has 3 nitrogen and oxygen atoms in total. The average Bonchev–Trinajstić information content (AvgIpc) is 2.39. The Morgan fingerprint density at radius 2 is 1.85 bits per heavy atom. The Morgan fingerprint density at radius 3 is 2.40 bits per heavy atom. The number of benzene rings is 2. The van der Waals surface area contributed by atoms with Gasteiger partial charge in [-0.1, -0.05) is 6.07 Å². The monoisotopic (exact) mass is 270 g/mol. The molecule has 0 saturated carbocycles. The molecule has 20 heavy (non-hydrogen) atoms. The molecule has 0 spiro atoms. The molecule has 0 amide bonds. The van der Waals surface area contributed by atoms with Gasteiger partial charge >= 0.3 is 0 Å². The zero-order valence-corrected chi connectivity index (χ0v) is 11.4. The Bertz CT molecular complexity index is 666. The van der Waals surface area contributed by atoms with Gasteiger partial charge in [0.25, 0.3) is 0 Å². The summed E-state index contributed by atoms with van der Waals surface area (Å²) < 4.78 is 18.7. The van der Waals surface area contributed by atoms with Crippen molar-refractivity contribution >= 4 is 5.69 Å². The number of nitrogens with zero attached hydrogens (tertiary/aromatic N) is 1. The highest BCUT2D eigenvalue weighted by molar-refractivity contribution is 5.49. The molecule has 4 heteroatoms. The third kappa shape index (κ3) is 2.89. The first-order chi connectivity index (χ1) is 9.51. The molecule has 0 aromatic heterocycles. The second kappa shape index (κ2) is 5.62. The maximum absolute atomic E-state index is 13.0. The summed E-state index contributed by atoms with van der Waals surface area (Å²) in [4.78, 5) is 0. The topological polar surface area (TPSA) is 59.0 Å². The number of nitriles is 1. The lowest BCUT2D eigenvalue weighted by Crippen LogP contribution is -2.03. The van der Waals surface area contributed by atoms with Crippen LogP contribution < -0.4 is 10.5 Å². The summed E-state index contributed by atoms with van der Waals surface area (Å²) in [6.45, 7) is 4.04. The van der Waals surface area contributed by atoms with Gasteiger partial charge in [0.05, 0.1) is 11.6 Å². The smallest absolute Gasteiger partial charge is 0.125 e. The summed E-state index contributed by atoms with van der Waals surface area (Å²) in [7, 11) is 0. The lowest BCUT2D eigenvalue weighted by molar-refractivity contribution is 0.302. The van der Waals surface area contributed by atoms with E-state index in [9.17, 15) is 4.39 Å². The molecule has 0 aliphatic carbocycles. The number of halogens is 1. The number of nitrogen functional groups attached to an aromatic ring is 1. The minimum atomic E-state index is -0.364. The predicted molar refractivity (Wildman–Crippen MR) is 75.8 cm³/mol. The number of hydrogen-bond acceptors (Lipinski definition) is 3. The van der Waals surface area contributed by atoms with Gasteiger partial charge in [-0.25, -0.2) is 4.39 Å². The second-order valence-electron chi connectivity index (χ2n) is 4.68. The highest BCUT2D eigenvalue weighted by Gasteiger charge is 2.08. The molecular weight excluding hydrogens is 255 g/mol. The standard InChI is InChI=1S/C16H15FN2O/c1-10-5-12(8-18)6-11(2)16(10)20-9-13-3-4-14(17)7-15(13)19/h3-7H,9,19H2,1-2H3. The van der Waals surface area contributed by atoms with Crippen molar-refractivity contribution in [3.8, 4) is 11.8 Å². The van der Waals surface area contributed by atoms with Crippen LogP contribution in [0.1, 0.15) is 22.3 Å². The fourth-order valence-corrected chi connectivity index (χ4v) is 2.09. The minimum Gasteiger partial charge on any atom is -0.488 e. The molecule has 102 valence electrons. The van der Waals surface area contributed by atoms with Crippen molar-refractivity contribution in [2.75, 3.05) is 5.73 Å². The molecule has 2 N–H and O–H groups in total. The minimum absolute atomic E-state index is 0.264. The molecule has 0 aliphatic rings. The van der Waals surface area contributed by atoms with Gasteiger partial charge in [0, 0.05) is 11.3 Å². The molecule has 0 radical (unpaired) electrons. The van der Waals surface area contributed by atoms with Crippen LogP contribution in [0.4, 0.5) is 10.1 Å². The summed E-state index contributed by atoms with van der Waals surface area (Å²) in [5.74, 6) is 0.365. The van der Waals surface area contributed by atoms with Crippen LogP contribution in [0.15, 0.2) is 30.3 Å². The van der Waals surface area contributed by atoms with Gasteiger partial charge in [0.1, 0.15) is 18.2 Å². The van der Waals surface area contributed by atoms with Crippen molar-refractivity contribution in [2.45, 2.75) is 20.5 Å². The number of ether oxygens (including phenoxy) is 1. The maximum atomic E-state index is 13.0. The molecule has 2 rings (SSSR count). The normalized spacial score (nSPS) is 10.1. The van der Waals surface area contributed by atoms with E-state index < -0.39 is 0 Å². The number of anilines is 1. The van der Waals surface area contributed by atoms with E-state index in [2.05, 4.69) is 6.07 Å². The largest absolute Gasteiger partial charge is 0.488 e. The molecular formula is C16H15FN2O. The Morgan fingerprint density at radius 1 is 1.20 bits per heavy atom. The maximum Gasteiger partial charge on any atom is 0.125 e. The summed E-state index contributed by atoms with van der Waals surface area (Å²) in [5.41, 5.74) is 9.23. The number of nitrogens with two attached hydrogens (primary N) is 1. The fraction of sp³-hybridized carbons (Fsp3) is 0.188. The molecule has 0 bridgehead atoms. The first kappa shape index (κ1) is 13.9. The van der Waals surface area contributed by atoms with E-state index in [-0.39, 0.29) is 12.4 Å². The molecule has 0 fully saturated rings. The lowest BCUT2D eigenvalue weighted by Gasteiger charge is -2.13. The second-order valence-corrected chi connectivity index (χ2v) is 4.68. The van der Waals surface area contributed by atoms with Gasteiger partial charge in [-0.15, -0.1) is 0 Å². The van der Waals surface area contributed by atoms with E-state index in [4.69, 9.17) is 15.7 Å². The van der Waals surface area contributed by atoms with Gasteiger partial charge in [0.15, 0.2) is 0 Å². The summed E-state index contributed by atoms with van der Waals surface area (Å²) >= 11 is 0. The van der Waals surface area contributed by atoms with Gasteiger partial charge in [-0.2, -0.15) is 5.26 Å². The van der Waals surface area contributed by atoms with Crippen molar-refractivity contribution in [3.63, 3.8) is 0 Å². The summed E-state index contributed by atoms with van der Waals surface area (Å²) in [5, 5.41) is 8.90. The molecule has 2 aromatic carbocycles. The fourth-order valence-electron chi connectivity index (χ4n) is 2.09. The van der Waals surface area contributed by atoms with Gasteiger partial charge in [0.2, 0.25) is 0 Å². The van der Waals surface area contributed by atoms with Crippen LogP contribution in [0.5, 0.6) is 5.75 Å². The first-order valence-electron chi connectivity index (χ1n) is 6.19. The van der Waals surface area contributed by atoms with Crippen molar-refractivity contribution in [2.24, 2.45) is 0 Å². The summed E-state index contributed by atoms with van der Waals surface area (Å²) in [6, 6.07) is 9.90. The van der Waals surface area contributed by atoms with Gasteiger partial charge in [-0.3, -0.25) is 0 Å². The van der Waals surface area contributed by atoms with E-state index in [1.165, 1.54) is 12.1 Å². The highest BCUT2D eigenvalue weighted by atomic mass is 19.1. The predicted octanol–water partition coefficient (Wildman–Crippen LogP) is 3.48. The average molecular weight is 270 g/mol. The molecule has 0 unspecified atom stereocenters. The Labute approximate surface area is 117 Å². The van der Waals surface area contributed by atoms with E-state index in [0.29, 0.717) is 11.3 Å². The van der Waals surface area contributed by atoms with Gasteiger partial charge < -0.3 is 10.5 Å². The van der Waals surface area contributed by atoms with Crippen molar-refractivity contribution < 1.29 is 9.13 Å². The van der Waals surface area contributed by atoms with Crippen LogP contribution in [-0.2, 0) is 6.61 Å². The third-order valence-corrected chi connectivity index (χ3v) is 3.07. The Kier molecular flexibility index (Phi) is 3.90. The molecule has 0 heterocycles. The van der Waals surface area contributed by atoms with E-state index >= 15 is 0 Å². The molecule has 2 aromatic rings. The van der Waals surface area contributed by atoms with E-state index in [1.807, 2.05) is 13.8 Å². The highest BCUT2D eigenvalue weighted by Crippen LogP contribution is 2.26. The molecule has 0 saturated heterocycles. The number of hydrogen-bond donors (Lipinski definition) is 1. The zero-order chi connectivity index (χ0) is 14.7. The van der Waals surface area contributed by atoms with E-state index in [0.717, 1.165) is 22.4 Å². The Balaban J connectivity index is 2.21. The van der Waals surface area contributed by atoms with Crippen molar-refractivity contribution in [1.29, 1.82) is 5.26 Å². The van der Waals surface area contributed by atoms with Crippen molar-refractivity contribution in [3.05, 3.63) is 58.4 Å². The lowest BCUT2D eigenvalue weighted by atomic mass is 10.1. The molecule has 0 atom stereocenters. The zero-order valence-electron chi connectivity index (χ0n) is 11.4. The third-order valence-electron chi connectivity index (χ3n) is 3.07. The van der Waals surface area contributed by atoms with Crippen LogP contribution in [-0.4, -0.2) is 0 Å². The number of rotatable bonds is 3. The Hall–Kier alpha value is -2.54. The van der Waals surface area contributed by atoms with Crippen molar-refractivity contribution in [1.82, 2.24) is 0 Å². The van der Waals surface area contributed by atoms with Crippen LogP contribution >= 0.6 is 0 Å². The first-order valence-corrected chi connectivity index (χ1v) is 6.19. The molecule has 0 aliphatic heterocycles. The van der Waals surface area contributed by atoms with Crippen LogP contribution in [0.25, 0.3) is 0 Å².